The van der Waals surface area contributed by atoms with Gasteiger partial charge in [0, 0.05) is 10.5 Å². The van der Waals surface area contributed by atoms with Crippen LogP contribution in [-0.2, 0) is 9.53 Å². The summed E-state index contributed by atoms with van der Waals surface area (Å²) in [5, 5.41) is 0. The Balaban J connectivity index is 2.27. The zero-order valence-electron chi connectivity index (χ0n) is 14.2. The van der Waals surface area contributed by atoms with E-state index in [-0.39, 0.29) is 10.7 Å². The van der Waals surface area contributed by atoms with Gasteiger partial charge in [-0.2, -0.15) is 11.8 Å². The van der Waals surface area contributed by atoms with Crippen molar-refractivity contribution in [2.24, 2.45) is 5.92 Å². The summed E-state index contributed by atoms with van der Waals surface area (Å²) in [6.45, 7) is 9.59. The third kappa shape index (κ3) is 6.90. The fourth-order valence-corrected chi connectivity index (χ4v) is 4.00. The molecule has 1 unspecified atom stereocenters. The number of rotatable bonds is 9. The van der Waals surface area contributed by atoms with E-state index in [9.17, 15) is 4.79 Å². The number of carbonyl (C=O) groups is 1. The van der Waals surface area contributed by atoms with Crippen molar-refractivity contribution in [2.75, 3.05) is 12.4 Å². The number of hydrogen-bond donors (Lipinski definition) is 0. The molecule has 0 aliphatic heterocycles. The SMILES string of the molecule is CCCCOC(=O)CCSC(C)(C)C1CC=C(CC)CC1. The highest BCUT2D eigenvalue weighted by molar-refractivity contribution is 8.00. The lowest BCUT2D eigenvalue weighted by Crippen LogP contribution is -2.29. The first-order chi connectivity index (χ1) is 9.99. The minimum absolute atomic E-state index is 0.0384. The topological polar surface area (TPSA) is 26.3 Å². The standard InChI is InChI=1S/C18H32O2S/c1-5-7-13-20-17(19)12-14-21-18(3,4)16-10-8-15(6-2)9-11-16/h8,16H,5-7,9-14H2,1-4H3. The van der Waals surface area contributed by atoms with Crippen molar-refractivity contribution in [3.05, 3.63) is 11.6 Å². The Bertz CT molecular complexity index is 347. The highest BCUT2D eigenvalue weighted by Gasteiger charge is 2.30. The molecule has 1 atom stereocenters. The van der Waals surface area contributed by atoms with Crippen LogP contribution in [0.15, 0.2) is 11.6 Å². The second kappa shape index (κ2) is 9.55. The summed E-state index contributed by atoms with van der Waals surface area (Å²) in [6.07, 6.45) is 9.97. The molecule has 2 nitrogen and oxygen atoms in total. The van der Waals surface area contributed by atoms with Crippen molar-refractivity contribution in [3.8, 4) is 0 Å². The summed E-state index contributed by atoms with van der Waals surface area (Å²) in [5.74, 6) is 1.57. The van der Waals surface area contributed by atoms with Crippen molar-refractivity contribution in [1.29, 1.82) is 0 Å². The van der Waals surface area contributed by atoms with E-state index in [2.05, 4.69) is 33.8 Å². The van der Waals surface area contributed by atoms with Crippen LogP contribution in [-0.4, -0.2) is 23.1 Å². The molecule has 0 heterocycles. The number of esters is 1. The minimum atomic E-state index is -0.0384. The molecule has 0 aromatic heterocycles. The molecule has 0 saturated carbocycles. The van der Waals surface area contributed by atoms with Crippen LogP contribution in [0.5, 0.6) is 0 Å². The zero-order valence-corrected chi connectivity index (χ0v) is 15.1. The van der Waals surface area contributed by atoms with Gasteiger partial charge in [0.1, 0.15) is 0 Å². The molecule has 0 bridgehead atoms. The number of thioether (sulfide) groups is 1. The molecule has 0 amide bonds. The molecule has 0 fully saturated rings. The normalized spacial score (nSPS) is 19.2. The first-order valence-electron chi connectivity index (χ1n) is 8.47. The van der Waals surface area contributed by atoms with Gasteiger partial charge >= 0.3 is 5.97 Å². The summed E-state index contributed by atoms with van der Waals surface area (Å²) in [6, 6.07) is 0. The summed E-state index contributed by atoms with van der Waals surface area (Å²) >= 11 is 1.93. The number of hydrogen-bond acceptors (Lipinski definition) is 3. The van der Waals surface area contributed by atoms with E-state index in [1.807, 2.05) is 11.8 Å². The third-order valence-electron chi connectivity index (χ3n) is 4.48. The van der Waals surface area contributed by atoms with E-state index in [1.54, 1.807) is 5.57 Å². The maximum absolute atomic E-state index is 11.6. The van der Waals surface area contributed by atoms with E-state index in [4.69, 9.17) is 4.74 Å². The van der Waals surface area contributed by atoms with Crippen molar-refractivity contribution >= 4 is 17.7 Å². The minimum Gasteiger partial charge on any atom is -0.466 e. The van der Waals surface area contributed by atoms with Crippen molar-refractivity contribution < 1.29 is 9.53 Å². The predicted molar refractivity (Wildman–Crippen MR) is 92.7 cm³/mol. The average molecular weight is 313 g/mol. The molecule has 0 radical (unpaired) electrons. The average Bonchev–Trinajstić information content (AvgIpc) is 2.47. The van der Waals surface area contributed by atoms with Crippen molar-refractivity contribution in [1.82, 2.24) is 0 Å². The van der Waals surface area contributed by atoms with Gasteiger partial charge in [0.2, 0.25) is 0 Å². The van der Waals surface area contributed by atoms with E-state index in [0.717, 1.165) is 24.5 Å². The fourth-order valence-electron chi connectivity index (χ4n) is 2.76. The molecule has 1 rings (SSSR count). The number of carbonyl (C=O) groups excluding carboxylic acids is 1. The largest absolute Gasteiger partial charge is 0.466 e. The van der Waals surface area contributed by atoms with Gasteiger partial charge < -0.3 is 4.74 Å². The molecule has 0 saturated heterocycles. The smallest absolute Gasteiger partial charge is 0.306 e. The second-order valence-electron chi connectivity index (χ2n) is 6.46. The Hall–Kier alpha value is -0.440. The van der Waals surface area contributed by atoms with E-state index in [0.29, 0.717) is 13.0 Å². The lowest BCUT2D eigenvalue weighted by Gasteiger charge is -2.36. The van der Waals surface area contributed by atoms with Crippen LogP contribution < -0.4 is 0 Å². The lowest BCUT2D eigenvalue weighted by atomic mass is 9.81. The van der Waals surface area contributed by atoms with Gasteiger partial charge in [0.15, 0.2) is 0 Å². The van der Waals surface area contributed by atoms with Gasteiger partial charge in [-0.15, -0.1) is 0 Å². The first kappa shape index (κ1) is 18.6. The van der Waals surface area contributed by atoms with Crippen LogP contribution in [0.1, 0.15) is 72.6 Å². The number of unbranched alkanes of at least 4 members (excludes halogenated alkanes) is 1. The molecule has 1 aliphatic rings. The van der Waals surface area contributed by atoms with Crippen LogP contribution in [0, 0.1) is 5.92 Å². The monoisotopic (exact) mass is 312 g/mol. The fraction of sp³-hybridized carbons (Fsp3) is 0.833. The summed E-state index contributed by atoms with van der Waals surface area (Å²) < 4.78 is 5.46. The number of allylic oxidation sites excluding steroid dienone is 2. The third-order valence-corrected chi connectivity index (χ3v) is 5.97. The first-order valence-corrected chi connectivity index (χ1v) is 9.45. The molecule has 0 spiro atoms. The predicted octanol–water partition coefficient (Wildman–Crippen LogP) is 5.37. The molecule has 0 aromatic carbocycles. The van der Waals surface area contributed by atoms with Crippen molar-refractivity contribution in [3.63, 3.8) is 0 Å². The van der Waals surface area contributed by atoms with E-state index < -0.39 is 0 Å². The highest BCUT2D eigenvalue weighted by Crippen LogP contribution is 2.41. The van der Waals surface area contributed by atoms with Crippen LogP contribution in [0.4, 0.5) is 0 Å². The maximum Gasteiger partial charge on any atom is 0.306 e. The van der Waals surface area contributed by atoms with E-state index in [1.165, 1.54) is 25.7 Å². The molecule has 21 heavy (non-hydrogen) atoms. The van der Waals surface area contributed by atoms with Gasteiger partial charge in [-0.25, -0.2) is 0 Å². The Labute approximate surface area is 135 Å². The van der Waals surface area contributed by atoms with Gasteiger partial charge in [-0.1, -0.05) is 45.8 Å². The van der Waals surface area contributed by atoms with Crippen molar-refractivity contribution in [2.45, 2.75) is 77.4 Å². The molecule has 0 aromatic rings. The van der Waals surface area contributed by atoms with Crippen LogP contribution >= 0.6 is 11.8 Å². The maximum atomic E-state index is 11.6. The highest BCUT2D eigenvalue weighted by atomic mass is 32.2. The Morgan fingerprint density at radius 3 is 2.76 bits per heavy atom. The van der Waals surface area contributed by atoms with Crippen LogP contribution in [0.25, 0.3) is 0 Å². The summed E-state index contributed by atoms with van der Waals surface area (Å²) in [7, 11) is 0. The Morgan fingerprint density at radius 2 is 2.19 bits per heavy atom. The molecule has 0 N–H and O–H groups in total. The second-order valence-corrected chi connectivity index (χ2v) is 8.21. The molecule has 122 valence electrons. The number of ether oxygens (including phenoxy) is 1. The van der Waals surface area contributed by atoms with Gasteiger partial charge in [0.05, 0.1) is 13.0 Å². The van der Waals surface area contributed by atoms with E-state index >= 15 is 0 Å². The summed E-state index contributed by atoms with van der Waals surface area (Å²) in [4.78, 5) is 11.6. The Kier molecular flexibility index (Phi) is 8.46. The van der Waals surface area contributed by atoms with Crippen LogP contribution in [0.2, 0.25) is 0 Å². The van der Waals surface area contributed by atoms with Gasteiger partial charge in [0.25, 0.3) is 0 Å². The van der Waals surface area contributed by atoms with Gasteiger partial charge in [-0.3, -0.25) is 4.79 Å². The van der Waals surface area contributed by atoms with Gasteiger partial charge in [-0.05, 0) is 38.0 Å². The summed E-state index contributed by atoms with van der Waals surface area (Å²) in [5.41, 5.74) is 1.62. The molecular weight excluding hydrogens is 280 g/mol. The molecule has 1 aliphatic carbocycles. The quantitative estimate of drug-likeness (QED) is 0.325. The molecule has 3 heteroatoms. The molecular formula is C18H32O2S. The lowest BCUT2D eigenvalue weighted by molar-refractivity contribution is -0.143. The zero-order chi connectivity index (χ0) is 15.7. The Morgan fingerprint density at radius 1 is 1.43 bits per heavy atom. The van der Waals surface area contributed by atoms with Crippen LogP contribution in [0.3, 0.4) is 0 Å².